The van der Waals surface area contributed by atoms with Gasteiger partial charge in [-0.3, -0.25) is 4.90 Å². The topological polar surface area (TPSA) is 47.7 Å². The fraction of sp³-hybridized carbons (Fsp3) is 1.00. The van der Waals surface area contributed by atoms with Crippen molar-refractivity contribution in [3.63, 3.8) is 0 Å². The SMILES string of the molecule is COCC(C)C(CN)N1C[C@@H](C)O[C@@H](C)C1. The number of hydrogen-bond donors (Lipinski definition) is 1. The highest BCUT2D eigenvalue weighted by molar-refractivity contribution is 4.83. The average Bonchev–Trinajstić information content (AvgIpc) is 2.17. The first-order valence-electron chi connectivity index (χ1n) is 6.17. The van der Waals surface area contributed by atoms with Gasteiger partial charge in [-0.05, 0) is 19.8 Å². The molecule has 1 heterocycles. The van der Waals surface area contributed by atoms with Crippen LogP contribution in [0.1, 0.15) is 20.8 Å². The lowest BCUT2D eigenvalue weighted by Crippen LogP contribution is -2.55. The smallest absolute Gasteiger partial charge is 0.0678 e. The Morgan fingerprint density at radius 1 is 1.38 bits per heavy atom. The van der Waals surface area contributed by atoms with E-state index in [1.165, 1.54) is 0 Å². The molecule has 0 spiro atoms. The molecule has 0 aromatic heterocycles. The molecular weight excluding hydrogens is 204 g/mol. The van der Waals surface area contributed by atoms with Crippen LogP contribution in [0.25, 0.3) is 0 Å². The molecular formula is C12H26N2O2. The van der Waals surface area contributed by atoms with Gasteiger partial charge in [0.15, 0.2) is 0 Å². The van der Waals surface area contributed by atoms with E-state index < -0.39 is 0 Å². The molecule has 0 aromatic rings. The van der Waals surface area contributed by atoms with E-state index in [9.17, 15) is 0 Å². The number of ether oxygens (including phenoxy) is 2. The maximum absolute atomic E-state index is 5.89. The Bertz CT molecular complexity index is 191. The third kappa shape index (κ3) is 3.70. The molecule has 4 heteroatoms. The van der Waals surface area contributed by atoms with Crippen molar-refractivity contribution in [2.24, 2.45) is 11.7 Å². The van der Waals surface area contributed by atoms with Gasteiger partial charge < -0.3 is 15.2 Å². The molecule has 1 saturated heterocycles. The van der Waals surface area contributed by atoms with Gasteiger partial charge in [-0.15, -0.1) is 0 Å². The lowest BCUT2D eigenvalue weighted by molar-refractivity contribution is -0.0879. The van der Waals surface area contributed by atoms with Gasteiger partial charge in [0.25, 0.3) is 0 Å². The summed E-state index contributed by atoms with van der Waals surface area (Å²) in [4.78, 5) is 2.45. The van der Waals surface area contributed by atoms with Gasteiger partial charge in [-0.2, -0.15) is 0 Å². The van der Waals surface area contributed by atoms with Crippen molar-refractivity contribution >= 4 is 0 Å². The van der Waals surface area contributed by atoms with E-state index >= 15 is 0 Å². The van der Waals surface area contributed by atoms with Gasteiger partial charge in [-0.25, -0.2) is 0 Å². The summed E-state index contributed by atoms with van der Waals surface area (Å²) >= 11 is 0. The summed E-state index contributed by atoms with van der Waals surface area (Å²) in [6.07, 6.45) is 0.597. The summed E-state index contributed by atoms with van der Waals surface area (Å²) in [5.41, 5.74) is 5.89. The van der Waals surface area contributed by atoms with E-state index in [1.54, 1.807) is 7.11 Å². The Kier molecular flexibility index (Phi) is 5.69. The highest BCUT2D eigenvalue weighted by atomic mass is 16.5. The van der Waals surface area contributed by atoms with Crippen molar-refractivity contribution in [1.82, 2.24) is 4.90 Å². The Labute approximate surface area is 99.1 Å². The van der Waals surface area contributed by atoms with Crippen LogP contribution in [-0.2, 0) is 9.47 Å². The van der Waals surface area contributed by atoms with Crippen LogP contribution < -0.4 is 5.73 Å². The van der Waals surface area contributed by atoms with Crippen molar-refractivity contribution in [2.75, 3.05) is 33.4 Å². The second-order valence-electron chi connectivity index (χ2n) is 4.95. The zero-order valence-electron chi connectivity index (χ0n) is 11.0. The highest BCUT2D eigenvalue weighted by Gasteiger charge is 2.30. The first kappa shape index (κ1) is 13.9. The minimum atomic E-state index is 0.299. The molecule has 0 bridgehead atoms. The van der Waals surface area contributed by atoms with Crippen molar-refractivity contribution in [2.45, 2.75) is 39.0 Å². The van der Waals surface area contributed by atoms with Crippen LogP contribution in [0, 0.1) is 5.92 Å². The quantitative estimate of drug-likeness (QED) is 0.755. The molecule has 0 saturated carbocycles. The van der Waals surface area contributed by atoms with Crippen molar-refractivity contribution in [3.8, 4) is 0 Å². The molecule has 1 fully saturated rings. The van der Waals surface area contributed by atoms with Gasteiger partial charge in [0, 0.05) is 32.8 Å². The fourth-order valence-electron chi connectivity index (χ4n) is 2.60. The summed E-state index contributed by atoms with van der Waals surface area (Å²) in [6.45, 7) is 9.84. The number of nitrogens with two attached hydrogens (primary N) is 1. The van der Waals surface area contributed by atoms with Gasteiger partial charge in [-0.1, -0.05) is 6.92 Å². The molecule has 1 rings (SSSR count). The number of nitrogens with zero attached hydrogens (tertiary/aromatic N) is 1. The molecule has 4 atom stereocenters. The van der Waals surface area contributed by atoms with Gasteiger partial charge >= 0.3 is 0 Å². The maximum atomic E-state index is 5.89. The molecule has 1 aliphatic heterocycles. The highest BCUT2D eigenvalue weighted by Crippen LogP contribution is 2.18. The lowest BCUT2D eigenvalue weighted by atomic mass is 9.99. The van der Waals surface area contributed by atoms with Crippen LogP contribution >= 0.6 is 0 Å². The summed E-state index contributed by atoms with van der Waals surface area (Å²) in [6, 6.07) is 0.397. The zero-order valence-corrected chi connectivity index (χ0v) is 11.0. The van der Waals surface area contributed by atoms with Crippen molar-refractivity contribution in [1.29, 1.82) is 0 Å². The Balaban J connectivity index is 2.57. The molecule has 0 amide bonds. The molecule has 4 nitrogen and oxygen atoms in total. The predicted octanol–water partition coefficient (Wildman–Crippen LogP) is 0.705. The van der Waals surface area contributed by atoms with E-state index in [4.69, 9.17) is 15.2 Å². The molecule has 0 radical (unpaired) electrons. The molecule has 1 aliphatic rings. The van der Waals surface area contributed by atoms with Crippen LogP contribution in [0.3, 0.4) is 0 Å². The summed E-state index contributed by atoms with van der Waals surface area (Å²) < 4.78 is 11.0. The first-order valence-corrected chi connectivity index (χ1v) is 6.17. The second-order valence-corrected chi connectivity index (χ2v) is 4.95. The van der Waals surface area contributed by atoms with Crippen LogP contribution in [0.2, 0.25) is 0 Å². The number of methoxy groups -OCH3 is 1. The largest absolute Gasteiger partial charge is 0.384 e. The van der Waals surface area contributed by atoms with E-state index in [0.717, 1.165) is 19.7 Å². The van der Waals surface area contributed by atoms with E-state index in [-0.39, 0.29) is 0 Å². The summed E-state index contributed by atoms with van der Waals surface area (Å²) in [5.74, 6) is 0.465. The second kappa shape index (κ2) is 6.55. The van der Waals surface area contributed by atoms with Crippen LogP contribution in [0.4, 0.5) is 0 Å². The Morgan fingerprint density at radius 2 is 1.94 bits per heavy atom. The normalized spacial score (nSPS) is 31.3. The molecule has 2 unspecified atom stereocenters. The summed E-state index contributed by atoms with van der Waals surface area (Å²) in [5, 5.41) is 0. The monoisotopic (exact) mass is 230 g/mol. The van der Waals surface area contributed by atoms with Crippen molar-refractivity contribution in [3.05, 3.63) is 0 Å². The first-order chi connectivity index (χ1) is 7.58. The number of hydrogen-bond acceptors (Lipinski definition) is 4. The van der Waals surface area contributed by atoms with Crippen LogP contribution in [0.15, 0.2) is 0 Å². The third-order valence-electron chi connectivity index (χ3n) is 3.24. The maximum Gasteiger partial charge on any atom is 0.0678 e. The molecule has 96 valence electrons. The average molecular weight is 230 g/mol. The number of morpholine rings is 1. The van der Waals surface area contributed by atoms with Crippen LogP contribution in [-0.4, -0.2) is 56.5 Å². The van der Waals surface area contributed by atoms with E-state index in [0.29, 0.717) is 30.7 Å². The van der Waals surface area contributed by atoms with Crippen molar-refractivity contribution < 1.29 is 9.47 Å². The third-order valence-corrected chi connectivity index (χ3v) is 3.24. The fourth-order valence-corrected chi connectivity index (χ4v) is 2.60. The standard InChI is InChI=1S/C12H26N2O2/c1-9(8-15-4)12(5-13)14-6-10(2)16-11(3)7-14/h9-12H,5-8,13H2,1-4H3/t9?,10-,11+,12?. The molecule has 16 heavy (non-hydrogen) atoms. The molecule has 0 aromatic carbocycles. The van der Waals surface area contributed by atoms with Gasteiger partial charge in [0.05, 0.1) is 18.8 Å². The zero-order chi connectivity index (χ0) is 12.1. The van der Waals surface area contributed by atoms with Gasteiger partial charge in [0.2, 0.25) is 0 Å². The minimum Gasteiger partial charge on any atom is -0.384 e. The lowest BCUT2D eigenvalue weighted by Gasteiger charge is -2.42. The summed E-state index contributed by atoms with van der Waals surface area (Å²) in [7, 11) is 1.74. The van der Waals surface area contributed by atoms with E-state index in [2.05, 4.69) is 25.7 Å². The van der Waals surface area contributed by atoms with Gasteiger partial charge in [0.1, 0.15) is 0 Å². The molecule has 2 N–H and O–H groups in total. The van der Waals surface area contributed by atoms with E-state index in [1.807, 2.05) is 0 Å². The molecule has 0 aliphatic carbocycles. The van der Waals surface area contributed by atoms with Crippen LogP contribution in [0.5, 0.6) is 0 Å². The Hall–Kier alpha value is -0.160. The minimum absolute atomic E-state index is 0.299. The number of rotatable bonds is 5. The Morgan fingerprint density at radius 3 is 2.38 bits per heavy atom. The predicted molar refractivity (Wildman–Crippen MR) is 65.5 cm³/mol.